The predicted octanol–water partition coefficient (Wildman–Crippen LogP) is 3.44. The molecule has 2 aromatic rings. The molecule has 0 heterocycles. The van der Waals surface area contributed by atoms with E-state index in [1.807, 2.05) is 24.3 Å². The van der Waals surface area contributed by atoms with Crippen LogP contribution in [0.25, 0.3) is 0 Å². The zero-order valence-electron chi connectivity index (χ0n) is 12.5. The Morgan fingerprint density at radius 3 is 2.38 bits per heavy atom. The molecule has 2 rings (SSSR count). The van der Waals surface area contributed by atoms with Crippen molar-refractivity contribution in [1.29, 1.82) is 0 Å². The average molecular weight is 303 g/mol. The molecule has 1 N–H and O–H groups in total. The number of benzene rings is 2. The molecule has 0 saturated heterocycles. The van der Waals surface area contributed by atoms with Crippen LogP contribution >= 0.6 is 0 Å². The Balaban J connectivity index is 2.10. The van der Waals surface area contributed by atoms with Crippen LogP contribution in [-0.4, -0.2) is 20.7 Å². The van der Waals surface area contributed by atoms with Gasteiger partial charge in [0.25, 0.3) is 0 Å². The Bertz CT molecular complexity index is 708. The van der Waals surface area contributed by atoms with Gasteiger partial charge in [-0.1, -0.05) is 43.3 Å². The molecule has 0 aliphatic rings. The first kappa shape index (κ1) is 15.6. The van der Waals surface area contributed by atoms with Crippen molar-refractivity contribution in [3.63, 3.8) is 0 Å². The summed E-state index contributed by atoms with van der Waals surface area (Å²) in [6.07, 6.45) is 0.868. The highest BCUT2D eigenvalue weighted by molar-refractivity contribution is 7.91. The van der Waals surface area contributed by atoms with Gasteiger partial charge in [-0.25, -0.2) is 8.42 Å². The molecule has 0 fully saturated rings. The highest BCUT2D eigenvalue weighted by Crippen LogP contribution is 2.22. The van der Waals surface area contributed by atoms with Gasteiger partial charge in [0, 0.05) is 6.54 Å². The van der Waals surface area contributed by atoms with Crippen LogP contribution in [0, 0.1) is 6.92 Å². The second-order valence-electron chi connectivity index (χ2n) is 5.00. The van der Waals surface area contributed by atoms with Gasteiger partial charge in [0.2, 0.25) is 0 Å². The van der Waals surface area contributed by atoms with Crippen molar-refractivity contribution in [2.75, 3.05) is 17.6 Å². The molecule has 0 unspecified atom stereocenters. The molecular weight excluding hydrogens is 282 g/mol. The molecule has 0 radical (unpaired) electrons. The molecule has 0 atom stereocenters. The second-order valence-corrected chi connectivity index (χ2v) is 7.25. The normalized spacial score (nSPS) is 11.3. The van der Waals surface area contributed by atoms with Crippen molar-refractivity contribution in [3.8, 4) is 0 Å². The maximum absolute atomic E-state index is 12.1. The largest absolute Gasteiger partial charge is 0.384 e. The van der Waals surface area contributed by atoms with E-state index in [9.17, 15) is 8.42 Å². The highest BCUT2D eigenvalue weighted by atomic mass is 32.2. The number of sulfone groups is 1. The third-order valence-corrected chi connectivity index (χ3v) is 5.36. The van der Waals surface area contributed by atoms with Crippen LogP contribution < -0.4 is 5.32 Å². The molecule has 0 bridgehead atoms. The summed E-state index contributed by atoms with van der Waals surface area (Å²) in [5.41, 5.74) is 3.22. The monoisotopic (exact) mass is 303 g/mol. The van der Waals surface area contributed by atoms with Gasteiger partial charge < -0.3 is 5.32 Å². The van der Waals surface area contributed by atoms with E-state index in [1.54, 1.807) is 19.1 Å². The fourth-order valence-electron chi connectivity index (χ4n) is 2.26. The lowest BCUT2D eigenvalue weighted by Crippen LogP contribution is -2.11. The SMILES string of the molecule is CCS(=O)(=O)c1ccccc1NCCc1ccccc1C. The van der Waals surface area contributed by atoms with Gasteiger partial charge in [-0.3, -0.25) is 0 Å². The summed E-state index contributed by atoms with van der Waals surface area (Å²) < 4.78 is 24.1. The van der Waals surface area contributed by atoms with Crippen molar-refractivity contribution >= 4 is 15.5 Å². The maximum Gasteiger partial charge on any atom is 0.180 e. The minimum Gasteiger partial charge on any atom is -0.384 e. The van der Waals surface area contributed by atoms with E-state index in [1.165, 1.54) is 11.1 Å². The Kier molecular flexibility index (Phi) is 5.02. The molecule has 4 heteroatoms. The van der Waals surface area contributed by atoms with E-state index in [2.05, 4.69) is 24.4 Å². The summed E-state index contributed by atoms with van der Waals surface area (Å²) in [4.78, 5) is 0.386. The van der Waals surface area contributed by atoms with Crippen molar-refractivity contribution in [2.45, 2.75) is 25.2 Å². The Morgan fingerprint density at radius 1 is 1.00 bits per heavy atom. The standard InChI is InChI=1S/C17H21NO2S/c1-3-21(19,20)17-11-7-6-10-16(17)18-13-12-15-9-5-4-8-14(15)2/h4-11,18H,3,12-13H2,1-2H3. The number of anilines is 1. The van der Waals surface area contributed by atoms with Crippen LogP contribution in [0.3, 0.4) is 0 Å². The first-order chi connectivity index (χ1) is 10.0. The first-order valence-corrected chi connectivity index (χ1v) is 8.80. The molecule has 0 saturated carbocycles. The van der Waals surface area contributed by atoms with Crippen LogP contribution in [0.15, 0.2) is 53.4 Å². The zero-order chi connectivity index (χ0) is 15.3. The van der Waals surface area contributed by atoms with Crippen molar-refractivity contribution in [1.82, 2.24) is 0 Å². The van der Waals surface area contributed by atoms with Crippen LogP contribution in [0.5, 0.6) is 0 Å². The summed E-state index contributed by atoms with van der Waals surface area (Å²) in [6, 6.07) is 15.3. The molecule has 21 heavy (non-hydrogen) atoms. The quantitative estimate of drug-likeness (QED) is 0.889. The lowest BCUT2D eigenvalue weighted by molar-refractivity contribution is 0.597. The Hall–Kier alpha value is -1.81. The zero-order valence-corrected chi connectivity index (χ0v) is 13.3. The minimum absolute atomic E-state index is 0.115. The molecule has 0 spiro atoms. The van der Waals surface area contributed by atoms with Gasteiger partial charge in [0.15, 0.2) is 9.84 Å². The summed E-state index contributed by atoms with van der Waals surface area (Å²) in [5.74, 6) is 0.115. The van der Waals surface area contributed by atoms with E-state index >= 15 is 0 Å². The number of hydrogen-bond acceptors (Lipinski definition) is 3. The van der Waals surface area contributed by atoms with Crippen LogP contribution in [0.4, 0.5) is 5.69 Å². The summed E-state index contributed by atoms with van der Waals surface area (Å²) in [5, 5.41) is 3.25. The predicted molar refractivity (Wildman–Crippen MR) is 87.5 cm³/mol. The fraction of sp³-hybridized carbons (Fsp3) is 0.294. The number of para-hydroxylation sites is 1. The number of rotatable bonds is 6. The summed E-state index contributed by atoms with van der Waals surface area (Å²) >= 11 is 0. The van der Waals surface area contributed by atoms with Crippen molar-refractivity contribution in [2.24, 2.45) is 0 Å². The van der Waals surface area contributed by atoms with E-state index in [0.717, 1.165) is 6.42 Å². The molecule has 0 aromatic heterocycles. The van der Waals surface area contributed by atoms with Gasteiger partial charge in [-0.15, -0.1) is 0 Å². The third-order valence-electron chi connectivity index (χ3n) is 3.57. The van der Waals surface area contributed by atoms with Crippen molar-refractivity contribution in [3.05, 3.63) is 59.7 Å². The molecule has 0 aliphatic heterocycles. The smallest absolute Gasteiger partial charge is 0.180 e. The highest BCUT2D eigenvalue weighted by Gasteiger charge is 2.15. The molecule has 112 valence electrons. The third kappa shape index (κ3) is 3.85. The number of aryl methyl sites for hydroxylation is 1. The molecular formula is C17H21NO2S. The lowest BCUT2D eigenvalue weighted by atomic mass is 10.1. The van der Waals surface area contributed by atoms with Crippen LogP contribution in [0.2, 0.25) is 0 Å². The van der Waals surface area contributed by atoms with Gasteiger partial charge >= 0.3 is 0 Å². The van der Waals surface area contributed by atoms with Crippen LogP contribution in [-0.2, 0) is 16.3 Å². The van der Waals surface area contributed by atoms with E-state index in [4.69, 9.17) is 0 Å². The molecule has 2 aromatic carbocycles. The number of hydrogen-bond donors (Lipinski definition) is 1. The average Bonchev–Trinajstić information content (AvgIpc) is 2.49. The van der Waals surface area contributed by atoms with Gasteiger partial charge in [0.1, 0.15) is 0 Å². The molecule has 3 nitrogen and oxygen atoms in total. The molecule has 0 aliphatic carbocycles. The van der Waals surface area contributed by atoms with Crippen LogP contribution in [0.1, 0.15) is 18.1 Å². The first-order valence-electron chi connectivity index (χ1n) is 7.15. The maximum atomic E-state index is 12.1. The van der Waals surface area contributed by atoms with E-state index in [-0.39, 0.29) is 5.75 Å². The number of nitrogens with one attached hydrogen (secondary N) is 1. The Labute approximate surface area is 126 Å². The second kappa shape index (κ2) is 6.76. The Morgan fingerprint density at radius 2 is 1.67 bits per heavy atom. The van der Waals surface area contributed by atoms with E-state index < -0.39 is 9.84 Å². The van der Waals surface area contributed by atoms with Gasteiger partial charge in [0.05, 0.1) is 16.3 Å². The van der Waals surface area contributed by atoms with Gasteiger partial charge in [-0.2, -0.15) is 0 Å². The molecule has 0 amide bonds. The summed E-state index contributed by atoms with van der Waals surface area (Å²) in [6.45, 7) is 4.46. The van der Waals surface area contributed by atoms with Crippen molar-refractivity contribution < 1.29 is 8.42 Å². The van der Waals surface area contributed by atoms with E-state index in [0.29, 0.717) is 17.1 Å². The topological polar surface area (TPSA) is 46.2 Å². The minimum atomic E-state index is -3.19. The summed E-state index contributed by atoms with van der Waals surface area (Å²) in [7, 11) is -3.19. The van der Waals surface area contributed by atoms with Gasteiger partial charge in [-0.05, 0) is 36.6 Å². The lowest BCUT2D eigenvalue weighted by Gasteiger charge is -2.12. The fourth-order valence-corrected chi connectivity index (χ4v) is 3.33.